The molecule has 1 aliphatic carbocycles. The summed E-state index contributed by atoms with van der Waals surface area (Å²) in [4.78, 5) is 12.2. The molecule has 5 nitrogen and oxygen atoms in total. The Labute approximate surface area is 135 Å². The number of rotatable bonds is 4. The first-order chi connectivity index (χ1) is 11.2. The Bertz CT molecular complexity index is 690. The van der Waals surface area contributed by atoms with E-state index in [4.69, 9.17) is 9.47 Å². The quantitative estimate of drug-likeness (QED) is 0.912. The first-order valence-corrected chi connectivity index (χ1v) is 7.56. The number of ether oxygens (including phenoxy) is 2. The molecule has 2 amide bonds. The molecular weight excluding hydrogens is 292 g/mol. The molecule has 1 aliphatic rings. The Hall–Kier alpha value is -2.69. The van der Waals surface area contributed by atoms with Crippen LogP contribution in [-0.2, 0) is 12.8 Å². The molecule has 2 N–H and O–H groups in total. The lowest BCUT2D eigenvalue weighted by Crippen LogP contribution is -2.38. The van der Waals surface area contributed by atoms with Gasteiger partial charge in [-0.15, -0.1) is 0 Å². The van der Waals surface area contributed by atoms with Crippen LogP contribution in [-0.4, -0.2) is 26.3 Å². The van der Waals surface area contributed by atoms with Crippen LogP contribution in [0.5, 0.6) is 11.5 Å². The molecule has 2 aromatic rings. The van der Waals surface area contributed by atoms with E-state index in [1.165, 1.54) is 11.1 Å². The molecule has 0 heterocycles. The van der Waals surface area contributed by atoms with E-state index in [9.17, 15) is 4.79 Å². The van der Waals surface area contributed by atoms with Crippen molar-refractivity contribution in [1.82, 2.24) is 5.32 Å². The molecule has 0 aliphatic heterocycles. The largest absolute Gasteiger partial charge is 0.493 e. The van der Waals surface area contributed by atoms with Crippen molar-refractivity contribution >= 4 is 11.7 Å². The number of methoxy groups -OCH3 is 2. The molecule has 0 saturated carbocycles. The summed E-state index contributed by atoms with van der Waals surface area (Å²) in [6, 6.07) is 13.5. The van der Waals surface area contributed by atoms with Gasteiger partial charge in [0.05, 0.1) is 14.2 Å². The zero-order valence-electron chi connectivity index (χ0n) is 13.3. The predicted molar refractivity (Wildman–Crippen MR) is 89.3 cm³/mol. The van der Waals surface area contributed by atoms with Gasteiger partial charge in [0.2, 0.25) is 0 Å². The highest BCUT2D eigenvalue weighted by Crippen LogP contribution is 2.29. The fourth-order valence-corrected chi connectivity index (χ4v) is 2.93. The van der Waals surface area contributed by atoms with E-state index in [-0.39, 0.29) is 12.1 Å². The summed E-state index contributed by atoms with van der Waals surface area (Å²) < 4.78 is 10.4. The topological polar surface area (TPSA) is 59.6 Å². The lowest BCUT2D eigenvalue weighted by molar-refractivity contribution is 0.249. The van der Waals surface area contributed by atoms with Crippen LogP contribution < -0.4 is 20.1 Å². The summed E-state index contributed by atoms with van der Waals surface area (Å²) in [5.41, 5.74) is 3.28. The zero-order chi connectivity index (χ0) is 16.2. The summed E-state index contributed by atoms with van der Waals surface area (Å²) in [5.74, 6) is 1.21. The number of anilines is 1. The van der Waals surface area contributed by atoms with Gasteiger partial charge in [-0.2, -0.15) is 0 Å². The standard InChI is InChI=1S/C18H20N2O3/c1-22-16-8-7-14(11-17(16)23-2)19-18(21)20-15-9-12-5-3-4-6-13(12)10-15/h3-8,11,15H,9-10H2,1-2H3,(H2,19,20,21). The zero-order valence-corrected chi connectivity index (χ0v) is 13.3. The van der Waals surface area contributed by atoms with Gasteiger partial charge < -0.3 is 20.1 Å². The van der Waals surface area contributed by atoms with Crippen molar-refractivity contribution in [3.05, 3.63) is 53.6 Å². The van der Waals surface area contributed by atoms with Gasteiger partial charge in [-0.1, -0.05) is 24.3 Å². The van der Waals surface area contributed by atoms with Crippen LogP contribution in [0.3, 0.4) is 0 Å². The third-order valence-electron chi connectivity index (χ3n) is 4.03. The Morgan fingerprint density at radius 2 is 1.65 bits per heavy atom. The SMILES string of the molecule is COc1ccc(NC(=O)NC2Cc3ccccc3C2)cc1OC. The second-order valence-electron chi connectivity index (χ2n) is 5.54. The van der Waals surface area contributed by atoms with Gasteiger partial charge in [0, 0.05) is 17.8 Å². The molecule has 0 spiro atoms. The van der Waals surface area contributed by atoms with Crippen LogP contribution in [0.1, 0.15) is 11.1 Å². The van der Waals surface area contributed by atoms with Crippen molar-refractivity contribution in [2.75, 3.05) is 19.5 Å². The lowest BCUT2D eigenvalue weighted by Gasteiger charge is -2.14. The maximum absolute atomic E-state index is 12.2. The Balaban J connectivity index is 1.60. The number of hydrogen-bond acceptors (Lipinski definition) is 3. The summed E-state index contributed by atoms with van der Waals surface area (Å²) >= 11 is 0. The molecule has 120 valence electrons. The molecule has 5 heteroatoms. The van der Waals surface area contributed by atoms with Crippen molar-refractivity contribution in [2.45, 2.75) is 18.9 Å². The van der Waals surface area contributed by atoms with Gasteiger partial charge in [-0.05, 0) is 36.1 Å². The molecule has 0 radical (unpaired) electrons. The van der Waals surface area contributed by atoms with E-state index in [0.717, 1.165) is 12.8 Å². The summed E-state index contributed by atoms with van der Waals surface area (Å²) in [5, 5.41) is 5.85. The molecule has 3 rings (SSSR count). The summed E-state index contributed by atoms with van der Waals surface area (Å²) in [6.45, 7) is 0. The summed E-state index contributed by atoms with van der Waals surface area (Å²) in [6.07, 6.45) is 1.74. The van der Waals surface area contributed by atoms with Gasteiger partial charge in [0.25, 0.3) is 0 Å². The number of benzene rings is 2. The third-order valence-corrected chi connectivity index (χ3v) is 4.03. The van der Waals surface area contributed by atoms with Crippen LogP contribution in [0.25, 0.3) is 0 Å². The predicted octanol–water partition coefficient (Wildman–Crippen LogP) is 2.99. The van der Waals surface area contributed by atoms with E-state index in [2.05, 4.69) is 22.8 Å². The van der Waals surface area contributed by atoms with E-state index < -0.39 is 0 Å². The van der Waals surface area contributed by atoms with Gasteiger partial charge in [-0.25, -0.2) is 4.79 Å². The molecule has 0 bridgehead atoms. The Morgan fingerprint density at radius 1 is 1.00 bits per heavy atom. The third kappa shape index (κ3) is 3.39. The first-order valence-electron chi connectivity index (χ1n) is 7.56. The second-order valence-corrected chi connectivity index (χ2v) is 5.54. The maximum atomic E-state index is 12.2. The Morgan fingerprint density at radius 3 is 2.26 bits per heavy atom. The van der Waals surface area contributed by atoms with Gasteiger partial charge >= 0.3 is 6.03 Å². The number of carbonyl (C=O) groups excluding carboxylic acids is 1. The number of hydrogen-bond donors (Lipinski definition) is 2. The van der Waals surface area contributed by atoms with Crippen LogP contribution in [0.4, 0.5) is 10.5 Å². The second kappa shape index (κ2) is 6.60. The average molecular weight is 312 g/mol. The highest BCUT2D eigenvalue weighted by Gasteiger charge is 2.22. The van der Waals surface area contributed by atoms with E-state index in [1.807, 2.05) is 12.1 Å². The van der Waals surface area contributed by atoms with Crippen molar-refractivity contribution in [3.8, 4) is 11.5 Å². The highest BCUT2D eigenvalue weighted by molar-refractivity contribution is 5.90. The smallest absolute Gasteiger partial charge is 0.319 e. The van der Waals surface area contributed by atoms with Crippen LogP contribution in [0.15, 0.2) is 42.5 Å². The van der Waals surface area contributed by atoms with Crippen LogP contribution >= 0.6 is 0 Å². The summed E-state index contributed by atoms with van der Waals surface area (Å²) in [7, 11) is 3.15. The van der Waals surface area contributed by atoms with E-state index in [0.29, 0.717) is 17.2 Å². The average Bonchev–Trinajstić information content (AvgIpc) is 2.96. The number of nitrogens with one attached hydrogen (secondary N) is 2. The van der Waals surface area contributed by atoms with Crippen molar-refractivity contribution in [3.63, 3.8) is 0 Å². The van der Waals surface area contributed by atoms with Crippen LogP contribution in [0, 0.1) is 0 Å². The molecule has 0 aromatic heterocycles. The first kappa shape index (κ1) is 15.2. The number of urea groups is 1. The normalized spacial score (nSPS) is 13.3. The van der Waals surface area contributed by atoms with Crippen molar-refractivity contribution in [2.24, 2.45) is 0 Å². The Kier molecular flexibility index (Phi) is 4.37. The van der Waals surface area contributed by atoms with Gasteiger partial charge in [0.1, 0.15) is 0 Å². The molecule has 0 fully saturated rings. The minimum atomic E-state index is -0.213. The molecular formula is C18H20N2O3. The van der Waals surface area contributed by atoms with Gasteiger partial charge in [0.15, 0.2) is 11.5 Å². The van der Waals surface area contributed by atoms with Gasteiger partial charge in [-0.3, -0.25) is 0 Å². The fraction of sp³-hybridized carbons (Fsp3) is 0.278. The molecule has 0 saturated heterocycles. The molecule has 23 heavy (non-hydrogen) atoms. The maximum Gasteiger partial charge on any atom is 0.319 e. The number of carbonyl (C=O) groups is 1. The monoisotopic (exact) mass is 312 g/mol. The van der Waals surface area contributed by atoms with Crippen molar-refractivity contribution < 1.29 is 14.3 Å². The highest BCUT2D eigenvalue weighted by atomic mass is 16.5. The lowest BCUT2D eigenvalue weighted by atomic mass is 10.1. The minimum Gasteiger partial charge on any atom is -0.493 e. The number of amides is 2. The molecule has 0 atom stereocenters. The number of fused-ring (bicyclic) bond motifs is 1. The minimum absolute atomic E-state index is 0.132. The molecule has 2 aromatic carbocycles. The molecule has 0 unspecified atom stereocenters. The van der Waals surface area contributed by atoms with Crippen LogP contribution in [0.2, 0.25) is 0 Å². The van der Waals surface area contributed by atoms with Crippen molar-refractivity contribution in [1.29, 1.82) is 0 Å². The fourth-order valence-electron chi connectivity index (χ4n) is 2.93. The van der Waals surface area contributed by atoms with E-state index in [1.54, 1.807) is 32.4 Å². The van der Waals surface area contributed by atoms with E-state index >= 15 is 0 Å².